The van der Waals surface area contributed by atoms with Crippen LogP contribution in [0.1, 0.15) is 27.2 Å². The second-order valence-electron chi connectivity index (χ2n) is 3.86. The zero-order valence-corrected chi connectivity index (χ0v) is 9.34. The predicted octanol–water partition coefficient (Wildman–Crippen LogP) is 1.12. The van der Waals surface area contributed by atoms with Crippen LogP contribution in [0.5, 0.6) is 0 Å². The molecule has 0 spiro atoms. The second-order valence-corrected chi connectivity index (χ2v) is 3.86. The minimum absolute atomic E-state index is 0.0715. The van der Waals surface area contributed by atoms with E-state index in [4.69, 9.17) is 9.84 Å². The lowest BCUT2D eigenvalue weighted by molar-refractivity contribution is 0.0636. The lowest BCUT2D eigenvalue weighted by Crippen LogP contribution is -2.46. The van der Waals surface area contributed by atoms with Crippen LogP contribution in [0.3, 0.4) is 0 Å². The molecule has 0 saturated carbocycles. The van der Waals surface area contributed by atoms with Gasteiger partial charge in [-0.15, -0.1) is 0 Å². The Morgan fingerprint density at radius 2 is 2.00 bits per heavy atom. The summed E-state index contributed by atoms with van der Waals surface area (Å²) in [4.78, 5) is 2.33. The van der Waals surface area contributed by atoms with Crippen molar-refractivity contribution < 1.29 is 9.84 Å². The van der Waals surface area contributed by atoms with Crippen LogP contribution in [0.2, 0.25) is 0 Å². The number of aliphatic hydroxyl groups is 1. The van der Waals surface area contributed by atoms with Crippen molar-refractivity contribution in [3.63, 3.8) is 0 Å². The zero-order valence-electron chi connectivity index (χ0n) is 9.34. The first-order valence-corrected chi connectivity index (χ1v) is 4.93. The molecule has 80 valence electrons. The molecule has 0 fully saturated rings. The highest BCUT2D eigenvalue weighted by molar-refractivity contribution is 4.80. The molecular weight excluding hydrogens is 166 g/mol. The van der Waals surface area contributed by atoms with Gasteiger partial charge in [0.15, 0.2) is 0 Å². The summed E-state index contributed by atoms with van der Waals surface area (Å²) in [6.45, 7) is 9.37. The number of likely N-dealkylation sites (N-methyl/N-ethyl adjacent to an activating group) is 1. The van der Waals surface area contributed by atoms with Crippen molar-refractivity contribution in [2.75, 3.05) is 33.4 Å². The Morgan fingerprint density at radius 3 is 2.38 bits per heavy atom. The lowest BCUT2D eigenvalue weighted by Gasteiger charge is -2.37. The molecule has 0 unspecified atom stereocenters. The molecule has 3 heteroatoms. The van der Waals surface area contributed by atoms with Crippen LogP contribution in [0.25, 0.3) is 0 Å². The molecule has 0 aliphatic carbocycles. The van der Waals surface area contributed by atoms with Gasteiger partial charge in [-0.1, -0.05) is 6.92 Å². The maximum absolute atomic E-state index is 8.91. The minimum atomic E-state index is 0.0715. The molecule has 0 heterocycles. The van der Waals surface area contributed by atoms with E-state index in [1.54, 1.807) is 7.11 Å². The molecule has 13 heavy (non-hydrogen) atoms. The third kappa shape index (κ3) is 4.60. The molecule has 0 aromatic heterocycles. The smallest absolute Gasteiger partial charge is 0.0589 e. The summed E-state index contributed by atoms with van der Waals surface area (Å²) in [7, 11) is 1.72. The maximum Gasteiger partial charge on any atom is 0.0589 e. The average molecular weight is 189 g/mol. The summed E-state index contributed by atoms with van der Waals surface area (Å²) in [6.07, 6.45) is 0.810. The van der Waals surface area contributed by atoms with Gasteiger partial charge in [0, 0.05) is 25.8 Å². The maximum atomic E-state index is 8.91. The van der Waals surface area contributed by atoms with Crippen molar-refractivity contribution in [2.24, 2.45) is 0 Å². The monoisotopic (exact) mass is 189 g/mol. The van der Waals surface area contributed by atoms with Crippen LogP contribution in [0.15, 0.2) is 0 Å². The Kier molecular flexibility index (Phi) is 6.29. The molecule has 0 bridgehead atoms. The fraction of sp³-hybridized carbons (Fsp3) is 1.00. The summed E-state index contributed by atoms with van der Waals surface area (Å²) in [5, 5.41) is 8.91. The molecule has 0 aliphatic heterocycles. The van der Waals surface area contributed by atoms with Gasteiger partial charge in [0.2, 0.25) is 0 Å². The Labute approximate surface area is 81.7 Å². The van der Waals surface area contributed by atoms with E-state index in [2.05, 4.69) is 25.7 Å². The normalized spacial score (nSPS) is 12.5. The quantitative estimate of drug-likeness (QED) is 0.651. The van der Waals surface area contributed by atoms with Gasteiger partial charge >= 0.3 is 0 Å². The lowest BCUT2D eigenvalue weighted by atomic mass is 9.98. The van der Waals surface area contributed by atoms with Crippen molar-refractivity contribution in [1.82, 2.24) is 4.90 Å². The second kappa shape index (κ2) is 6.35. The number of hydrogen-bond donors (Lipinski definition) is 1. The SMILES string of the molecule is CCN(CCOC)C(C)(C)CCO. The first kappa shape index (κ1) is 12.9. The van der Waals surface area contributed by atoms with Crippen LogP contribution in [-0.2, 0) is 4.74 Å². The van der Waals surface area contributed by atoms with Gasteiger partial charge in [-0.2, -0.15) is 0 Å². The predicted molar refractivity (Wildman–Crippen MR) is 54.9 cm³/mol. The Morgan fingerprint density at radius 1 is 1.38 bits per heavy atom. The third-order valence-corrected chi connectivity index (χ3v) is 2.53. The van der Waals surface area contributed by atoms with E-state index in [1.807, 2.05) is 0 Å². The number of ether oxygens (including phenoxy) is 1. The molecule has 0 aromatic carbocycles. The van der Waals surface area contributed by atoms with Crippen molar-refractivity contribution >= 4 is 0 Å². The summed E-state index contributed by atoms with van der Waals surface area (Å²) in [6, 6.07) is 0. The number of methoxy groups -OCH3 is 1. The van der Waals surface area contributed by atoms with Gasteiger partial charge in [0.25, 0.3) is 0 Å². The fourth-order valence-electron chi connectivity index (χ4n) is 1.52. The first-order chi connectivity index (χ1) is 6.08. The molecular formula is C10H23NO2. The molecule has 0 amide bonds. The summed E-state index contributed by atoms with van der Waals surface area (Å²) >= 11 is 0. The van der Waals surface area contributed by atoms with Crippen molar-refractivity contribution in [2.45, 2.75) is 32.7 Å². The van der Waals surface area contributed by atoms with E-state index >= 15 is 0 Å². The number of rotatable bonds is 7. The van der Waals surface area contributed by atoms with Crippen LogP contribution in [0.4, 0.5) is 0 Å². The van der Waals surface area contributed by atoms with E-state index in [0.717, 1.165) is 26.1 Å². The summed E-state index contributed by atoms with van der Waals surface area (Å²) < 4.78 is 5.04. The van der Waals surface area contributed by atoms with E-state index < -0.39 is 0 Å². The van der Waals surface area contributed by atoms with Gasteiger partial charge < -0.3 is 9.84 Å². The summed E-state index contributed by atoms with van der Waals surface area (Å²) in [5.41, 5.74) is 0.0715. The highest BCUT2D eigenvalue weighted by Crippen LogP contribution is 2.17. The number of nitrogens with zero attached hydrogens (tertiary/aromatic N) is 1. The molecule has 0 rings (SSSR count). The van der Waals surface area contributed by atoms with Gasteiger partial charge in [0.05, 0.1) is 6.61 Å². The first-order valence-electron chi connectivity index (χ1n) is 4.93. The Balaban J connectivity index is 4.02. The molecule has 1 N–H and O–H groups in total. The van der Waals surface area contributed by atoms with E-state index in [0.29, 0.717) is 0 Å². The van der Waals surface area contributed by atoms with Crippen LogP contribution < -0.4 is 0 Å². The van der Waals surface area contributed by atoms with E-state index in [9.17, 15) is 0 Å². The van der Waals surface area contributed by atoms with Gasteiger partial charge in [-0.25, -0.2) is 0 Å². The van der Waals surface area contributed by atoms with Crippen LogP contribution in [-0.4, -0.2) is 49.0 Å². The molecule has 3 nitrogen and oxygen atoms in total. The van der Waals surface area contributed by atoms with Gasteiger partial charge in [-0.3, -0.25) is 4.90 Å². The Bertz CT molecular complexity index is 126. The van der Waals surface area contributed by atoms with Crippen LogP contribution in [0, 0.1) is 0 Å². The standard InChI is InChI=1S/C10H23NO2/c1-5-11(7-9-13-4)10(2,3)6-8-12/h12H,5-9H2,1-4H3. The zero-order chi connectivity index (χ0) is 10.3. The van der Waals surface area contributed by atoms with Gasteiger partial charge in [-0.05, 0) is 26.8 Å². The van der Waals surface area contributed by atoms with Crippen molar-refractivity contribution in [3.8, 4) is 0 Å². The average Bonchev–Trinajstić information content (AvgIpc) is 2.05. The number of hydrogen-bond acceptors (Lipinski definition) is 3. The Hall–Kier alpha value is -0.120. The molecule has 0 aromatic rings. The van der Waals surface area contributed by atoms with E-state index in [1.165, 1.54) is 0 Å². The highest BCUT2D eigenvalue weighted by Gasteiger charge is 2.24. The van der Waals surface area contributed by atoms with Crippen molar-refractivity contribution in [3.05, 3.63) is 0 Å². The van der Waals surface area contributed by atoms with E-state index in [-0.39, 0.29) is 12.1 Å². The van der Waals surface area contributed by atoms with Crippen molar-refractivity contribution in [1.29, 1.82) is 0 Å². The summed E-state index contributed by atoms with van der Waals surface area (Å²) in [5.74, 6) is 0. The fourth-order valence-corrected chi connectivity index (χ4v) is 1.52. The van der Waals surface area contributed by atoms with Crippen LogP contribution >= 0.6 is 0 Å². The molecule has 0 aliphatic rings. The molecule has 0 atom stereocenters. The molecule has 0 saturated heterocycles. The molecule has 0 radical (unpaired) electrons. The van der Waals surface area contributed by atoms with Gasteiger partial charge in [0.1, 0.15) is 0 Å². The minimum Gasteiger partial charge on any atom is -0.396 e. The highest BCUT2D eigenvalue weighted by atomic mass is 16.5. The third-order valence-electron chi connectivity index (χ3n) is 2.53. The largest absolute Gasteiger partial charge is 0.396 e. The topological polar surface area (TPSA) is 32.7 Å². The number of aliphatic hydroxyl groups excluding tert-OH is 1.